The molecule has 148 valence electrons. The first kappa shape index (κ1) is 19.1. The molecule has 0 saturated carbocycles. The number of nitrogens with zero attached hydrogens (tertiary/aromatic N) is 4. The van der Waals surface area contributed by atoms with Gasteiger partial charge in [0, 0.05) is 54.6 Å². The topological polar surface area (TPSA) is 79.4 Å². The van der Waals surface area contributed by atoms with Crippen molar-refractivity contribution in [3.8, 4) is 0 Å². The van der Waals surface area contributed by atoms with Crippen LogP contribution in [0.1, 0.15) is 22.7 Å². The first-order chi connectivity index (χ1) is 13.9. The molecule has 29 heavy (non-hydrogen) atoms. The highest BCUT2D eigenvalue weighted by atomic mass is 35.5. The van der Waals surface area contributed by atoms with Crippen LogP contribution in [0.3, 0.4) is 0 Å². The Morgan fingerprint density at radius 3 is 2.59 bits per heavy atom. The summed E-state index contributed by atoms with van der Waals surface area (Å²) in [6.07, 6.45) is 4.86. The average molecular weight is 419 g/mol. The molecule has 4 aromatic heterocycles. The summed E-state index contributed by atoms with van der Waals surface area (Å²) >= 11 is 6.00. The molecule has 10 heteroatoms. The molecule has 0 amide bonds. The number of alkyl halides is 3. The van der Waals surface area contributed by atoms with E-state index in [0.717, 1.165) is 22.7 Å². The number of halogens is 4. The van der Waals surface area contributed by atoms with Crippen LogP contribution in [0.25, 0.3) is 11.0 Å². The van der Waals surface area contributed by atoms with Crippen LogP contribution in [0.2, 0.25) is 5.02 Å². The molecule has 0 aliphatic carbocycles. The number of aromatic amines is 1. The van der Waals surface area contributed by atoms with Crippen molar-refractivity contribution in [2.24, 2.45) is 0 Å². The highest BCUT2D eigenvalue weighted by molar-refractivity contribution is 6.31. The van der Waals surface area contributed by atoms with E-state index in [0.29, 0.717) is 17.1 Å². The van der Waals surface area contributed by atoms with E-state index >= 15 is 0 Å². The van der Waals surface area contributed by atoms with Gasteiger partial charge in [0.25, 0.3) is 0 Å². The van der Waals surface area contributed by atoms with E-state index in [2.05, 4.69) is 30.2 Å². The molecule has 6 nitrogen and oxygen atoms in total. The minimum absolute atomic E-state index is 0.0177. The predicted octanol–water partition coefficient (Wildman–Crippen LogP) is 4.71. The van der Waals surface area contributed by atoms with Crippen molar-refractivity contribution in [2.45, 2.75) is 18.6 Å². The van der Waals surface area contributed by atoms with E-state index in [4.69, 9.17) is 11.6 Å². The number of pyridine rings is 2. The van der Waals surface area contributed by atoms with E-state index in [1.54, 1.807) is 12.3 Å². The highest BCUT2D eigenvalue weighted by Gasteiger charge is 2.41. The van der Waals surface area contributed by atoms with Gasteiger partial charge in [0.15, 0.2) is 6.04 Å². The van der Waals surface area contributed by atoms with Gasteiger partial charge in [-0.3, -0.25) is 4.98 Å². The molecule has 0 spiro atoms. The Balaban J connectivity index is 1.53. The fourth-order valence-corrected chi connectivity index (χ4v) is 3.11. The van der Waals surface area contributed by atoms with E-state index in [9.17, 15) is 13.2 Å². The molecule has 4 heterocycles. The van der Waals surface area contributed by atoms with Gasteiger partial charge < -0.3 is 10.3 Å². The lowest BCUT2D eigenvalue weighted by Gasteiger charge is -2.21. The van der Waals surface area contributed by atoms with Gasteiger partial charge in [-0.1, -0.05) is 17.7 Å². The van der Waals surface area contributed by atoms with Crippen molar-refractivity contribution in [1.82, 2.24) is 24.9 Å². The highest BCUT2D eigenvalue weighted by Crippen LogP contribution is 2.34. The Hall–Kier alpha value is -3.20. The van der Waals surface area contributed by atoms with Gasteiger partial charge in [0.05, 0.1) is 5.02 Å². The van der Waals surface area contributed by atoms with Crippen molar-refractivity contribution in [3.05, 3.63) is 77.1 Å². The number of hydrogen-bond acceptors (Lipinski definition) is 5. The number of nitrogens with one attached hydrogen (secondary N) is 2. The van der Waals surface area contributed by atoms with E-state index in [1.165, 1.54) is 30.7 Å². The lowest BCUT2D eigenvalue weighted by atomic mass is 10.1. The molecule has 0 saturated heterocycles. The van der Waals surface area contributed by atoms with Crippen LogP contribution in [-0.2, 0) is 6.42 Å². The Labute approximate surface area is 168 Å². The van der Waals surface area contributed by atoms with Crippen molar-refractivity contribution in [1.29, 1.82) is 0 Å². The summed E-state index contributed by atoms with van der Waals surface area (Å²) in [6.45, 7) is 0. The molecule has 1 unspecified atom stereocenters. The van der Waals surface area contributed by atoms with E-state index < -0.39 is 12.2 Å². The van der Waals surface area contributed by atoms with Crippen LogP contribution in [0.4, 0.5) is 19.1 Å². The standard InChI is InChI=1S/C19H14ClF3N6/c20-14-5-15-13(9-25-17(15)26-10-14)4-11-6-27-18(28-7-11)29-16(19(21,22)23)12-2-1-3-24-8-12/h1-3,5-10,16H,4H2,(H,25,26)(H,27,28,29). The molecule has 0 radical (unpaired) electrons. The van der Waals surface area contributed by atoms with Gasteiger partial charge in [-0.2, -0.15) is 13.2 Å². The summed E-state index contributed by atoms with van der Waals surface area (Å²) in [7, 11) is 0. The van der Waals surface area contributed by atoms with Crippen LogP contribution >= 0.6 is 11.6 Å². The maximum Gasteiger partial charge on any atom is 0.412 e. The Morgan fingerprint density at radius 1 is 1.10 bits per heavy atom. The zero-order chi connectivity index (χ0) is 20.4. The summed E-state index contributed by atoms with van der Waals surface area (Å²) in [5.74, 6) is -0.122. The second-order valence-corrected chi connectivity index (χ2v) is 6.80. The van der Waals surface area contributed by atoms with Crippen LogP contribution < -0.4 is 5.32 Å². The van der Waals surface area contributed by atoms with Gasteiger partial charge in [-0.25, -0.2) is 15.0 Å². The zero-order valence-electron chi connectivity index (χ0n) is 14.8. The van der Waals surface area contributed by atoms with E-state index in [-0.39, 0.29) is 11.5 Å². The second kappa shape index (κ2) is 7.67. The SMILES string of the molecule is FC(F)(F)C(Nc1ncc(Cc2c[nH]c3ncc(Cl)cc23)cn1)c1cccnc1. The fraction of sp³-hybridized carbons (Fsp3) is 0.158. The third-order valence-corrected chi connectivity index (χ3v) is 4.51. The number of fused-ring (bicyclic) bond motifs is 1. The van der Waals surface area contributed by atoms with Crippen molar-refractivity contribution in [3.63, 3.8) is 0 Å². The summed E-state index contributed by atoms with van der Waals surface area (Å²) in [6, 6.07) is 2.64. The van der Waals surface area contributed by atoms with Crippen LogP contribution in [0.5, 0.6) is 0 Å². The molecular weight excluding hydrogens is 405 g/mol. The van der Waals surface area contributed by atoms with Crippen molar-refractivity contribution in [2.75, 3.05) is 5.32 Å². The third kappa shape index (κ3) is 4.29. The molecule has 0 aromatic carbocycles. The minimum atomic E-state index is -4.53. The average Bonchev–Trinajstić information content (AvgIpc) is 3.09. The lowest BCUT2D eigenvalue weighted by Crippen LogP contribution is -2.28. The summed E-state index contributed by atoms with van der Waals surface area (Å²) in [4.78, 5) is 19.1. The largest absolute Gasteiger partial charge is 0.412 e. The number of rotatable bonds is 5. The van der Waals surface area contributed by atoms with Gasteiger partial charge in [0.1, 0.15) is 5.65 Å². The summed E-state index contributed by atoms with van der Waals surface area (Å²) in [5, 5.41) is 3.72. The second-order valence-electron chi connectivity index (χ2n) is 6.36. The lowest BCUT2D eigenvalue weighted by molar-refractivity contribution is -0.144. The molecule has 4 rings (SSSR count). The molecule has 4 aromatic rings. The molecule has 0 aliphatic heterocycles. The minimum Gasteiger partial charge on any atom is -0.346 e. The molecule has 0 aliphatic rings. The van der Waals surface area contributed by atoms with Crippen LogP contribution in [0, 0.1) is 0 Å². The number of H-pyrrole nitrogens is 1. The molecule has 0 bridgehead atoms. The number of aromatic nitrogens is 5. The first-order valence-corrected chi connectivity index (χ1v) is 8.93. The summed E-state index contributed by atoms with van der Waals surface area (Å²) < 4.78 is 40.3. The first-order valence-electron chi connectivity index (χ1n) is 8.56. The maximum atomic E-state index is 13.4. The Bertz CT molecular complexity index is 1110. The molecule has 1 atom stereocenters. The van der Waals surface area contributed by atoms with Crippen LogP contribution in [-0.4, -0.2) is 31.1 Å². The maximum absolute atomic E-state index is 13.4. The summed E-state index contributed by atoms with van der Waals surface area (Å²) in [5.41, 5.74) is 2.35. The quantitative estimate of drug-likeness (QED) is 0.490. The Kier molecular flexibility index (Phi) is 5.06. The smallest absolute Gasteiger partial charge is 0.346 e. The van der Waals surface area contributed by atoms with Gasteiger partial charge >= 0.3 is 6.18 Å². The molecule has 2 N–H and O–H groups in total. The molecular formula is C19H14ClF3N6. The van der Waals surface area contributed by atoms with Crippen LogP contribution in [0.15, 0.2) is 55.4 Å². The monoisotopic (exact) mass is 418 g/mol. The van der Waals surface area contributed by atoms with Gasteiger partial charge in [-0.15, -0.1) is 0 Å². The predicted molar refractivity (Wildman–Crippen MR) is 103 cm³/mol. The Morgan fingerprint density at radius 2 is 1.90 bits per heavy atom. The number of hydrogen-bond donors (Lipinski definition) is 2. The van der Waals surface area contributed by atoms with Gasteiger partial charge in [-0.05, 0) is 23.3 Å². The van der Waals surface area contributed by atoms with E-state index in [1.807, 2.05) is 6.20 Å². The van der Waals surface area contributed by atoms with Crippen molar-refractivity contribution < 1.29 is 13.2 Å². The number of anilines is 1. The molecule has 0 fully saturated rings. The zero-order valence-corrected chi connectivity index (χ0v) is 15.5. The normalized spacial score (nSPS) is 12.8. The fourth-order valence-electron chi connectivity index (χ4n) is 2.95. The van der Waals surface area contributed by atoms with Crippen molar-refractivity contribution >= 4 is 28.6 Å². The van der Waals surface area contributed by atoms with Gasteiger partial charge in [0.2, 0.25) is 5.95 Å². The third-order valence-electron chi connectivity index (χ3n) is 4.30.